The molecule has 17 heavy (non-hydrogen) atoms. The van der Waals surface area contributed by atoms with Gasteiger partial charge in [-0.25, -0.2) is 0 Å². The molecule has 1 aromatic carbocycles. The van der Waals surface area contributed by atoms with Crippen LogP contribution >= 0.6 is 0 Å². The van der Waals surface area contributed by atoms with Crippen LogP contribution in [0.1, 0.15) is 24.8 Å². The molecule has 0 amide bonds. The van der Waals surface area contributed by atoms with Crippen LogP contribution in [-0.2, 0) is 11.2 Å². The van der Waals surface area contributed by atoms with Gasteiger partial charge in [0.2, 0.25) is 0 Å². The number of benzene rings is 1. The van der Waals surface area contributed by atoms with Crippen LogP contribution in [0.4, 0.5) is 0 Å². The molecule has 0 aromatic heterocycles. The van der Waals surface area contributed by atoms with Gasteiger partial charge in [0, 0.05) is 19.8 Å². The number of unbranched alkanes of at least 4 members (excludes halogenated alkanes) is 1. The second-order valence-corrected chi connectivity index (χ2v) is 4.26. The van der Waals surface area contributed by atoms with Crippen LogP contribution in [0.15, 0.2) is 24.3 Å². The van der Waals surface area contributed by atoms with Crippen molar-refractivity contribution in [1.82, 2.24) is 0 Å². The highest BCUT2D eigenvalue weighted by atomic mass is 16.5. The predicted molar refractivity (Wildman–Crippen MR) is 70.4 cm³/mol. The summed E-state index contributed by atoms with van der Waals surface area (Å²) in [6.45, 7) is 0.821. The summed E-state index contributed by atoms with van der Waals surface area (Å²) in [5.41, 5.74) is 7.30. The number of hydrogen-bond donors (Lipinski definition) is 1. The summed E-state index contributed by atoms with van der Waals surface area (Å²) in [7, 11) is 3.43. The molecule has 0 saturated carbocycles. The molecule has 0 bridgehead atoms. The molecule has 1 rings (SSSR count). The minimum Gasteiger partial charge on any atom is -0.496 e. The molecule has 3 heteroatoms. The monoisotopic (exact) mass is 237 g/mol. The van der Waals surface area contributed by atoms with Gasteiger partial charge in [-0.05, 0) is 37.3 Å². The Labute approximate surface area is 104 Å². The lowest BCUT2D eigenvalue weighted by Gasteiger charge is -2.14. The molecule has 1 aromatic rings. The Morgan fingerprint density at radius 3 is 2.65 bits per heavy atom. The van der Waals surface area contributed by atoms with Gasteiger partial charge in [0.15, 0.2) is 0 Å². The van der Waals surface area contributed by atoms with Crippen LogP contribution < -0.4 is 10.5 Å². The average molecular weight is 237 g/mol. The number of para-hydroxylation sites is 1. The third-order valence-corrected chi connectivity index (χ3v) is 2.85. The van der Waals surface area contributed by atoms with Gasteiger partial charge in [0.1, 0.15) is 5.75 Å². The van der Waals surface area contributed by atoms with E-state index in [1.807, 2.05) is 18.2 Å². The number of hydrogen-bond acceptors (Lipinski definition) is 3. The molecular weight excluding hydrogens is 214 g/mol. The molecule has 0 saturated heterocycles. The highest BCUT2D eigenvalue weighted by Crippen LogP contribution is 2.19. The van der Waals surface area contributed by atoms with Gasteiger partial charge in [0.25, 0.3) is 0 Å². The molecule has 1 atom stereocenters. The molecule has 0 fully saturated rings. The van der Waals surface area contributed by atoms with E-state index >= 15 is 0 Å². The molecule has 0 aliphatic heterocycles. The van der Waals surface area contributed by atoms with Crippen molar-refractivity contribution in [3.05, 3.63) is 29.8 Å². The first-order valence-electron chi connectivity index (χ1n) is 6.14. The average Bonchev–Trinajstić information content (AvgIpc) is 2.35. The van der Waals surface area contributed by atoms with Crippen molar-refractivity contribution in [3.63, 3.8) is 0 Å². The Balaban J connectivity index is 2.36. The van der Waals surface area contributed by atoms with E-state index in [9.17, 15) is 0 Å². The lowest BCUT2D eigenvalue weighted by atomic mass is 10.0. The third-order valence-electron chi connectivity index (χ3n) is 2.85. The lowest BCUT2D eigenvalue weighted by molar-refractivity contribution is 0.191. The second kappa shape index (κ2) is 8.09. The van der Waals surface area contributed by atoms with E-state index in [0.29, 0.717) is 0 Å². The van der Waals surface area contributed by atoms with E-state index in [-0.39, 0.29) is 6.04 Å². The van der Waals surface area contributed by atoms with Gasteiger partial charge in [-0.15, -0.1) is 0 Å². The van der Waals surface area contributed by atoms with Crippen molar-refractivity contribution >= 4 is 0 Å². The summed E-state index contributed by atoms with van der Waals surface area (Å²) >= 11 is 0. The normalized spacial score (nSPS) is 12.4. The highest BCUT2D eigenvalue weighted by Gasteiger charge is 2.07. The van der Waals surface area contributed by atoms with E-state index in [2.05, 4.69) is 6.07 Å². The van der Waals surface area contributed by atoms with Gasteiger partial charge in [-0.2, -0.15) is 0 Å². The van der Waals surface area contributed by atoms with Crippen molar-refractivity contribution in [2.75, 3.05) is 20.8 Å². The van der Waals surface area contributed by atoms with Gasteiger partial charge in [-0.1, -0.05) is 18.2 Å². The first-order chi connectivity index (χ1) is 8.27. The van der Waals surface area contributed by atoms with E-state index in [1.165, 1.54) is 5.56 Å². The Kier molecular flexibility index (Phi) is 6.67. The van der Waals surface area contributed by atoms with Crippen LogP contribution in [0.5, 0.6) is 5.75 Å². The fraction of sp³-hybridized carbons (Fsp3) is 0.571. The molecular formula is C14H23NO2. The fourth-order valence-electron chi connectivity index (χ4n) is 1.91. The number of rotatable bonds is 8. The van der Waals surface area contributed by atoms with E-state index in [4.69, 9.17) is 15.2 Å². The van der Waals surface area contributed by atoms with Crippen molar-refractivity contribution < 1.29 is 9.47 Å². The zero-order chi connectivity index (χ0) is 12.5. The van der Waals surface area contributed by atoms with Gasteiger partial charge >= 0.3 is 0 Å². The minimum absolute atomic E-state index is 0.197. The molecule has 0 heterocycles. The fourth-order valence-corrected chi connectivity index (χ4v) is 1.91. The first kappa shape index (κ1) is 14.0. The molecule has 2 N–H and O–H groups in total. The maximum absolute atomic E-state index is 6.12. The van der Waals surface area contributed by atoms with Crippen LogP contribution in [0.2, 0.25) is 0 Å². The third kappa shape index (κ3) is 5.20. The van der Waals surface area contributed by atoms with Crippen molar-refractivity contribution in [2.45, 2.75) is 31.7 Å². The predicted octanol–water partition coefficient (Wildman–Crippen LogP) is 2.38. The van der Waals surface area contributed by atoms with E-state index in [0.717, 1.165) is 38.0 Å². The quantitative estimate of drug-likeness (QED) is 0.706. The van der Waals surface area contributed by atoms with E-state index < -0.39 is 0 Å². The van der Waals surface area contributed by atoms with Crippen molar-refractivity contribution in [2.24, 2.45) is 5.73 Å². The second-order valence-electron chi connectivity index (χ2n) is 4.26. The Morgan fingerprint density at radius 2 is 1.94 bits per heavy atom. The Hall–Kier alpha value is -1.06. The maximum Gasteiger partial charge on any atom is 0.122 e. The molecule has 0 spiro atoms. The summed E-state index contributed by atoms with van der Waals surface area (Å²) in [5, 5.41) is 0. The smallest absolute Gasteiger partial charge is 0.122 e. The Bertz CT molecular complexity index is 315. The maximum atomic E-state index is 6.12. The van der Waals surface area contributed by atoms with Gasteiger partial charge < -0.3 is 15.2 Å². The minimum atomic E-state index is 0.197. The van der Waals surface area contributed by atoms with Crippen LogP contribution in [0.3, 0.4) is 0 Å². The molecule has 1 unspecified atom stereocenters. The molecule has 0 radical (unpaired) electrons. The standard InChI is InChI=1S/C14H23NO2/c1-16-10-6-5-8-13(15)11-12-7-3-4-9-14(12)17-2/h3-4,7,9,13H,5-6,8,10-11,15H2,1-2H3. The zero-order valence-corrected chi connectivity index (χ0v) is 10.8. The number of methoxy groups -OCH3 is 2. The van der Waals surface area contributed by atoms with Gasteiger partial charge in [-0.3, -0.25) is 0 Å². The number of ether oxygens (including phenoxy) is 2. The summed E-state index contributed by atoms with van der Waals surface area (Å²) in [5.74, 6) is 0.930. The SMILES string of the molecule is COCCCCC(N)Cc1ccccc1OC. The summed E-state index contributed by atoms with van der Waals surface area (Å²) in [6.07, 6.45) is 4.10. The molecule has 0 aliphatic carbocycles. The van der Waals surface area contributed by atoms with Crippen LogP contribution in [0.25, 0.3) is 0 Å². The molecule has 96 valence electrons. The topological polar surface area (TPSA) is 44.5 Å². The lowest BCUT2D eigenvalue weighted by Crippen LogP contribution is -2.23. The zero-order valence-electron chi connectivity index (χ0n) is 10.8. The summed E-state index contributed by atoms with van der Waals surface area (Å²) in [6, 6.07) is 8.26. The highest BCUT2D eigenvalue weighted by molar-refractivity contribution is 5.33. The summed E-state index contributed by atoms with van der Waals surface area (Å²) < 4.78 is 10.3. The molecule has 3 nitrogen and oxygen atoms in total. The summed E-state index contributed by atoms with van der Waals surface area (Å²) in [4.78, 5) is 0. The molecule has 0 aliphatic rings. The Morgan fingerprint density at radius 1 is 1.18 bits per heavy atom. The number of nitrogens with two attached hydrogens (primary N) is 1. The van der Waals surface area contributed by atoms with E-state index in [1.54, 1.807) is 14.2 Å². The van der Waals surface area contributed by atoms with Crippen LogP contribution in [-0.4, -0.2) is 26.9 Å². The van der Waals surface area contributed by atoms with Gasteiger partial charge in [0.05, 0.1) is 7.11 Å². The van der Waals surface area contributed by atoms with Crippen molar-refractivity contribution in [3.8, 4) is 5.75 Å². The van der Waals surface area contributed by atoms with Crippen LogP contribution in [0, 0.1) is 0 Å². The largest absolute Gasteiger partial charge is 0.496 e. The first-order valence-corrected chi connectivity index (χ1v) is 6.14. The van der Waals surface area contributed by atoms with Crippen molar-refractivity contribution in [1.29, 1.82) is 0 Å².